The van der Waals surface area contributed by atoms with Gasteiger partial charge in [-0.25, -0.2) is 0 Å². The Morgan fingerprint density at radius 2 is 2.14 bits per heavy atom. The lowest BCUT2D eigenvalue weighted by Crippen LogP contribution is -2.32. The molecule has 1 aliphatic carbocycles. The van der Waals surface area contributed by atoms with Crippen LogP contribution in [0.4, 0.5) is 0 Å². The Bertz CT molecular complexity index is 385. The Morgan fingerprint density at radius 3 is 2.86 bits per heavy atom. The van der Waals surface area contributed by atoms with Gasteiger partial charge in [0.2, 0.25) is 0 Å². The van der Waals surface area contributed by atoms with E-state index in [2.05, 4.69) is 36.1 Å². The minimum Gasteiger partial charge on any atom is -0.381 e. The minimum absolute atomic E-state index is 0.471. The van der Waals surface area contributed by atoms with Crippen molar-refractivity contribution in [2.24, 2.45) is 0 Å². The fourth-order valence-corrected chi connectivity index (χ4v) is 3.15. The molecule has 1 aromatic rings. The molecule has 1 aromatic heterocycles. The fourth-order valence-electron chi connectivity index (χ4n) is 3.15. The summed E-state index contributed by atoms with van der Waals surface area (Å²) < 4.78 is 7.81. The Hall–Kier alpha value is -0.870. The van der Waals surface area contributed by atoms with Crippen LogP contribution in [-0.2, 0) is 11.2 Å². The second-order valence-electron chi connectivity index (χ2n) is 6.09. The third-order valence-electron chi connectivity index (χ3n) is 4.27. The summed E-state index contributed by atoms with van der Waals surface area (Å²) in [5.41, 5.74) is 1.21. The number of rotatable bonds is 10. The van der Waals surface area contributed by atoms with Crippen LogP contribution in [-0.4, -0.2) is 35.6 Å². The number of aromatic nitrogens is 2. The number of hydrogen-bond acceptors (Lipinski definition) is 3. The number of ether oxygens (including phenoxy) is 1. The van der Waals surface area contributed by atoms with E-state index in [4.69, 9.17) is 9.84 Å². The van der Waals surface area contributed by atoms with Crippen molar-refractivity contribution in [1.82, 2.24) is 15.1 Å². The van der Waals surface area contributed by atoms with Crippen LogP contribution in [0.2, 0.25) is 0 Å². The van der Waals surface area contributed by atoms with Gasteiger partial charge in [0, 0.05) is 31.9 Å². The lowest BCUT2D eigenvalue weighted by atomic mass is 10.1. The average Bonchev–Trinajstić information content (AvgIpc) is 3.14. The molecular formula is C17H31N3O. The average molecular weight is 293 g/mol. The molecule has 0 spiro atoms. The van der Waals surface area contributed by atoms with Gasteiger partial charge >= 0.3 is 0 Å². The van der Waals surface area contributed by atoms with Crippen molar-refractivity contribution in [1.29, 1.82) is 0 Å². The van der Waals surface area contributed by atoms with Crippen LogP contribution in [0.25, 0.3) is 0 Å². The zero-order valence-corrected chi connectivity index (χ0v) is 13.7. The molecule has 1 atom stereocenters. The lowest BCUT2D eigenvalue weighted by molar-refractivity contribution is 0.124. The highest BCUT2D eigenvalue weighted by Gasteiger charge is 2.18. The van der Waals surface area contributed by atoms with E-state index in [1.54, 1.807) is 0 Å². The highest BCUT2D eigenvalue weighted by molar-refractivity contribution is 5.02. The molecule has 1 unspecified atom stereocenters. The van der Waals surface area contributed by atoms with E-state index < -0.39 is 0 Å². The van der Waals surface area contributed by atoms with Crippen LogP contribution in [0.5, 0.6) is 0 Å². The van der Waals surface area contributed by atoms with Crippen LogP contribution in [0.15, 0.2) is 12.3 Å². The summed E-state index contributed by atoms with van der Waals surface area (Å²) in [6.07, 6.45) is 10.6. The van der Waals surface area contributed by atoms with Gasteiger partial charge in [-0.2, -0.15) is 5.10 Å². The topological polar surface area (TPSA) is 39.1 Å². The van der Waals surface area contributed by atoms with Crippen LogP contribution in [0, 0.1) is 0 Å². The van der Waals surface area contributed by atoms with Gasteiger partial charge < -0.3 is 10.1 Å². The molecule has 0 amide bonds. The molecule has 1 fully saturated rings. The van der Waals surface area contributed by atoms with E-state index in [1.807, 2.05) is 0 Å². The molecule has 1 saturated carbocycles. The molecule has 0 radical (unpaired) electrons. The Balaban J connectivity index is 1.81. The van der Waals surface area contributed by atoms with Crippen molar-refractivity contribution in [2.75, 3.05) is 19.8 Å². The third-order valence-corrected chi connectivity index (χ3v) is 4.27. The smallest absolute Gasteiger partial charge is 0.0640 e. The van der Waals surface area contributed by atoms with Gasteiger partial charge in [-0.15, -0.1) is 0 Å². The molecule has 0 saturated heterocycles. The van der Waals surface area contributed by atoms with E-state index >= 15 is 0 Å². The van der Waals surface area contributed by atoms with Crippen molar-refractivity contribution in [3.63, 3.8) is 0 Å². The van der Waals surface area contributed by atoms with Gasteiger partial charge in [-0.05, 0) is 38.3 Å². The minimum atomic E-state index is 0.471. The summed E-state index contributed by atoms with van der Waals surface area (Å²) in [5, 5.41) is 8.35. The molecule has 1 aliphatic rings. The van der Waals surface area contributed by atoms with Crippen molar-refractivity contribution < 1.29 is 4.74 Å². The Morgan fingerprint density at radius 1 is 1.33 bits per heavy atom. The highest BCUT2D eigenvalue weighted by atomic mass is 16.5. The maximum Gasteiger partial charge on any atom is 0.0640 e. The summed E-state index contributed by atoms with van der Waals surface area (Å²) in [7, 11) is 0. The second kappa shape index (κ2) is 9.21. The van der Waals surface area contributed by atoms with Gasteiger partial charge in [0.15, 0.2) is 0 Å². The van der Waals surface area contributed by atoms with E-state index in [1.165, 1.54) is 31.4 Å². The normalized spacial score (nSPS) is 17.4. The molecule has 0 bridgehead atoms. The van der Waals surface area contributed by atoms with Crippen LogP contribution >= 0.6 is 0 Å². The first kappa shape index (κ1) is 16.5. The van der Waals surface area contributed by atoms with Crippen LogP contribution < -0.4 is 5.32 Å². The van der Waals surface area contributed by atoms with Crippen molar-refractivity contribution in [3.8, 4) is 0 Å². The maximum absolute atomic E-state index is 5.62. The summed E-state index contributed by atoms with van der Waals surface area (Å²) in [5.74, 6) is 0. The van der Waals surface area contributed by atoms with Gasteiger partial charge in [-0.3, -0.25) is 4.68 Å². The Labute approximate surface area is 129 Å². The molecule has 1 N–H and O–H groups in total. The predicted octanol–water partition coefficient (Wildman–Crippen LogP) is 3.34. The quantitative estimate of drug-likeness (QED) is 0.673. The summed E-state index contributed by atoms with van der Waals surface area (Å²) in [6, 6.07) is 3.30. The highest BCUT2D eigenvalue weighted by Crippen LogP contribution is 2.28. The van der Waals surface area contributed by atoms with Crippen molar-refractivity contribution >= 4 is 0 Å². The zero-order valence-electron chi connectivity index (χ0n) is 13.7. The van der Waals surface area contributed by atoms with E-state index in [0.29, 0.717) is 12.1 Å². The maximum atomic E-state index is 5.62. The SMILES string of the molecule is CCCOCCC(Cc1ccn(C2CCCC2)n1)NCC. The van der Waals surface area contributed by atoms with E-state index in [0.717, 1.165) is 39.0 Å². The van der Waals surface area contributed by atoms with Gasteiger partial charge in [0.25, 0.3) is 0 Å². The van der Waals surface area contributed by atoms with Crippen molar-refractivity contribution in [3.05, 3.63) is 18.0 Å². The molecule has 4 nitrogen and oxygen atoms in total. The summed E-state index contributed by atoms with van der Waals surface area (Å²) >= 11 is 0. The first-order valence-electron chi connectivity index (χ1n) is 8.68. The molecule has 0 aliphatic heterocycles. The lowest BCUT2D eigenvalue weighted by Gasteiger charge is -2.17. The molecule has 4 heteroatoms. The monoisotopic (exact) mass is 293 g/mol. The number of hydrogen-bond donors (Lipinski definition) is 1. The third kappa shape index (κ3) is 5.44. The standard InChI is InChI=1S/C17H31N3O/c1-3-12-21-13-10-15(18-4-2)14-16-9-11-20(19-16)17-7-5-6-8-17/h9,11,15,17-18H,3-8,10,12-14H2,1-2H3. The second-order valence-corrected chi connectivity index (χ2v) is 6.09. The molecule has 2 rings (SSSR count). The fraction of sp³-hybridized carbons (Fsp3) is 0.824. The summed E-state index contributed by atoms with van der Waals surface area (Å²) in [6.45, 7) is 7.03. The molecule has 1 heterocycles. The van der Waals surface area contributed by atoms with Crippen LogP contribution in [0.3, 0.4) is 0 Å². The molecule has 120 valence electrons. The predicted molar refractivity (Wildman–Crippen MR) is 86.6 cm³/mol. The van der Waals surface area contributed by atoms with E-state index in [-0.39, 0.29) is 0 Å². The molecule has 0 aromatic carbocycles. The number of nitrogens with one attached hydrogen (secondary N) is 1. The number of nitrogens with zero attached hydrogens (tertiary/aromatic N) is 2. The molecular weight excluding hydrogens is 262 g/mol. The van der Waals surface area contributed by atoms with Crippen molar-refractivity contribution in [2.45, 2.75) is 70.9 Å². The van der Waals surface area contributed by atoms with Gasteiger partial charge in [0.05, 0.1) is 11.7 Å². The Kier molecular flexibility index (Phi) is 7.24. The van der Waals surface area contributed by atoms with E-state index in [9.17, 15) is 0 Å². The van der Waals surface area contributed by atoms with Gasteiger partial charge in [0.1, 0.15) is 0 Å². The first-order chi connectivity index (χ1) is 10.3. The van der Waals surface area contributed by atoms with Crippen LogP contribution in [0.1, 0.15) is 64.1 Å². The molecule has 21 heavy (non-hydrogen) atoms. The zero-order chi connectivity index (χ0) is 14.9. The summed E-state index contributed by atoms with van der Waals surface area (Å²) in [4.78, 5) is 0. The first-order valence-corrected chi connectivity index (χ1v) is 8.68. The van der Waals surface area contributed by atoms with Gasteiger partial charge in [-0.1, -0.05) is 26.7 Å². The largest absolute Gasteiger partial charge is 0.381 e. The number of likely N-dealkylation sites (N-methyl/N-ethyl adjacent to an activating group) is 1.